The van der Waals surface area contributed by atoms with Crippen molar-refractivity contribution in [3.63, 3.8) is 0 Å². The Labute approximate surface area is 178 Å². The van der Waals surface area contributed by atoms with E-state index in [-0.39, 0.29) is 6.04 Å². The van der Waals surface area contributed by atoms with Crippen LogP contribution in [0.25, 0.3) is 0 Å². The predicted molar refractivity (Wildman–Crippen MR) is 117 cm³/mol. The van der Waals surface area contributed by atoms with Crippen molar-refractivity contribution in [3.8, 4) is 0 Å². The molecule has 0 amide bonds. The summed E-state index contributed by atoms with van der Waals surface area (Å²) in [6.07, 6.45) is 3.79. The lowest BCUT2D eigenvalue weighted by Gasteiger charge is -2.41. The van der Waals surface area contributed by atoms with E-state index in [0.29, 0.717) is 43.1 Å². The molecule has 1 aliphatic heterocycles. The number of piperazine rings is 1. The van der Waals surface area contributed by atoms with E-state index in [1.165, 1.54) is 19.4 Å². The molecule has 1 unspecified atom stereocenters. The summed E-state index contributed by atoms with van der Waals surface area (Å²) in [5.74, 6) is -0.578. The third kappa shape index (κ3) is 4.70. The number of rotatable bonds is 6. The molecule has 1 atom stereocenters. The van der Waals surface area contributed by atoms with E-state index in [0.717, 1.165) is 5.69 Å². The SMILES string of the molecule is Cc1cccc(N2CCN(S(=O)(=O)C3=CC=C(OC(C)(C)C(=O)O)CC3)CC2C)c1. The minimum absolute atomic E-state index is 0.0605. The van der Waals surface area contributed by atoms with Gasteiger partial charge in [-0.25, -0.2) is 13.2 Å². The van der Waals surface area contributed by atoms with Gasteiger partial charge in [0.05, 0.1) is 10.7 Å². The van der Waals surface area contributed by atoms with Crippen molar-refractivity contribution in [1.29, 1.82) is 0 Å². The molecule has 164 valence electrons. The molecule has 7 nitrogen and oxygen atoms in total. The molecule has 30 heavy (non-hydrogen) atoms. The van der Waals surface area contributed by atoms with Gasteiger partial charge in [0.1, 0.15) is 0 Å². The topological polar surface area (TPSA) is 87.2 Å². The molecule has 0 bridgehead atoms. The number of nitrogens with zero attached hydrogens (tertiary/aromatic N) is 2. The van der Waals surface area contributed by atoms with Gasteiger partial charge in [-0.05, 0) is 64.0 Å². The average molecular weight is 435 g/mol. The fraction of sp³-hybridized carbons (Fsp3) is 0.500. The highest BCUT2D eigenvalue weighted by molar-refractivity contribution is 7.93. The second-order valence-electron chi connectivity index (χ2n) is 8.43. The summed E-state index contributed by atoms with van der Waals surface area (Å²) in [5, 5.41) is 9.19. The molecule has 2 aliphatic rings. The number of allylic oxidation sites excluding steroid dienone is 4. The standard InChI is InChI=1S/C22H30N2O5S/c1-16-6-5-7-18(14-16)24-13-12-23(15-17(24)2)30(27,28)20-10-8-19(9-11-20)29-22(3,4)21(25)26/h5-8,10,14,17H,9,11-13,15H2,1-4H3,(H,25,26). The van der Waals surface area contributed by atoms with Gasteiger partial charge >= 0.3 is 5.97 Å². The molecule has 1 aromatic rings. The highest BCUT2D eigenvalue weighted by atomic mass is 32.2. The van der Waals surface area contributed by atoms with Gasteiger partial charge in [0.2, 0.25) is 10.0 Å². The average Bonchev–Trinajstić information content (AvgIpc) is 2.68. The van der Waals surface area contributed by atoms with E-state index < -0.39 is 21.6 Å². The largest absolute Gasteiger partial charge is 0.481 e. The van der Waals surface area contributed by atoms with Crippen molar-refractivity contribution < 1.29 is 23.1 Å². The van der Waals surface area contributed by atoms with Gasteiger partial charge in [0.25, 0.3) is 0 Å². The second kappa shape index (κ2) is 8.43. The van der Waals surface area contributed by atoms with E-state index >= 15 is 0 Å². The first-order valence-electron chi connectivity index (χ1n) is 10.2. The lowest BCUT2D eigenvalue weighted by atomic mass is 10.1. The Balaban J connectivity index is 1.70. The number of aryl methyl sites for hydroxylation is 1. The minimum atomic E-state index is -3.56. The summed E-state index contributed by atoms with van der Waals surface area (Å²) in [7, 11) is -3.56. The number of carbonyl (C=O) groups is 1. The third-order valence-corrected chi connectivity index (χ3v) is 7.58. The Hall–Kier alpha value is -2.32. The molecule has 1 aliphatic carbocycles. The van der Waals surface area contributed by atoms with Crippen LogP contribution in [0.5, 0.6) is 0 Å². The van der Waals surface area contributed by atoms with Crippen molar-refractivity contribution in [1.82, 2.24) is 4.31 Å². The van der Waals surface area contributed by atoms with Gasteiger partial charge in [0, 0.05) is 37.8 Å². The first kappa shape index (κ1) is 22.4. The second-order valence-corrected chi connectivity index (χ2v) is 10.4. The van der Waals surface area contributed by atoms with Crippen molar-refractivity contribution in [2.24, 2.45) is 0 Å². The van der Waals surface area contributed by atoms with Gasteiger partial charge < -0.3 is 14.7 Å². The number of hydrogen-bond acceptors (Lipinski definition) is 5. The van der Waals surface area contributed by atoms with Crippen molar-refractivity contribution in [3.05, 3.63) is 52.6 Å². The number of sulfonamides is 1. The zero-order valence-corrected chi connectivity index (χ0v) is 18.8. The van der Waals surface area contributed by atoms with E-state index in [1.807, 2.05) is 26.0 Å². The number of ether oxygens (including phenoxy) is 1. The Kier molecular flexibility index (Phi) is 6.29. The van der Waals surface area contributed by atoms with Crippen LogP contribution in [0.2, 0.25) is 0 Å². The summed E-state index contributed by atoms with van der Waals surface area (Å²) >= 11 is 0. The number of carboxylic acids is 1. The minimum Gasteiger partial charge on any atom is -0.481 e. The van der Waals surface area contributed by atoms with Crippen LogP contribution < -0.4 is 4.90 Å². The number of carboxylic acid groups (broad SMARTS) is 1. The van der Waals surface area contributed by atoms with Crippen LogP contribution in [0.3, 0.4) is 0 Å². The quantitative estimate of drug-likeness (QED) is 0.739. The fourth-order valence-corrected chi connectivity index (χ4v) is 5.43. The monoisotopic (exact) mass is 434 g/mol. The number of benzene rings is 1. The van der Waals surface area contributed by atoms with Crippen LogP contribution >= 0.6 is 0 Å². The summed E-state index contributed by atoms with van der Waals surface area (Å²) in [6.45, 7) is 8.52. The molecule has 1 heterocycles. The summed E-state index contributed by atoms with van der Waals surface area (Å²) < 4.78 is 33.4. The molecule has 1 saturated heterocycles. The highest BCUT2D eigenvalue weighted by Gasteiger charge is 2.35. The molecule has 0 spiro atoms. The lowest BCUT2D eigenvalue weighted by molar-refractivity contribution is -0.157. The van der Waals surface area contributed by atoms with E-state index in [4.69, 9.17) is 4.74 Å². The molecular weight excluding hydrogens is 404 g/mol. The molecule has 0 saturated carbocycles. The zero-order valence-electron chi connectivity index (χ0n) is 18.0. The van der Waals surface area contributed by atoms with Crippen molar-refractivity contribution in [2.45, 2.75) is 52.2 Å². The predicted octanol–water partition coefficient (Wildman–Crippen LogP) is 3.28. The van der Waals surface area contributed by atoms with Crippen molar-refractivity contribution >= 4 is 21.7 Å². The molecule has 8 heteroatoms. The third-order valence-electron chi connectivity index (χ3n) is 5.57. The Morgan fingerprint density at radius 3 is 2.50 bits per heavy atom. The van der Waals surface area contributed by atoms with E-state index in [9.17, 15) is 18.3 Å². The molecule has 1 aromatic carbocycles. The first-order valence-corrected chi connectivity index (χ1v) is 11.6. The fourth-order valence-electron chi connectivity index (χ4n) is 3.77. The van der Waals surface area contributed by atoms with Gasteiger partial charge in [0.15, 0.2) is 5.60 Å². The van der Waals surface area contributed by atoms with Gasteiger partial charge in [-0.2, -0.15) is 4.31 Å². The first-order chi connectivity index (χ1) is 14.0. The van der Waals surface area contributed by atoms with Gasteiger partial charge in [-0.1, -0.05) is 12.1 Å². The maximum absolute atomic E-state index is 13.2. The van der Waals surface area contributed by atoms with Gasteiger partial charge in [-0.15, -0.1) is 0 Å². The molecule has 0 aromatic heterocycles. The Morgan fingerprint density at radius 1 is 1.20 bits per heavy atom. The van der Waals surface area contributed by atoms with Gasteiger partial charge in [-0.3, -0.25) is 0 Å². The molecule has 3 rings (SSSR count). The number of hydrogen-bond donors (Lipinski definition) is 1. The van der Waals surface area contributed by atoms with Crippen molar-refractivity contribution in [2.75, 3.05) is 24.5 Å². The highest BCUT2D eigenvalue weighted by Crippen LogP contribution is 2.30. The van der Waals surface area contributed by atoms with Crippen LogP contribution in [0.15, 0.2) is 47.1 Å². The normalized spacial score (nSPS) is 21.1. The Bertz CT molecular complexity index is 981. The molecule has 0 radical (unpaired) electrons. The zero-order chi connectivity index (χ0) is 22.1. The smallest absolute Gasteiger partial charge is 0.347 e. The summed E-state index contributed by atoms with van der Waals surface area (Å²) in [6, 6.07) is 8.31. The summed E-state index contributed by atoms with van der Waals surface area (Å²) in [5.41, 5.74) is 0.942. The van der Waals surface area contributed by atoms with E-state index in [1.54, 1.807) is 16.5 Å². The maximum atomic E-state index is 13.2. The lowest BCUT2D eigenvalue weighted by Crippen LogP contribution is -2.53. The maximum Gasteiger partial charge on any atom is 0.347 e. The number of aliphatic carboxylic acids is 1. The number of anilines is 1. The Morgan fingerprint density at radius 2 is 1.93 bits per heavy atom. The van der Waals surface area contributed by atoms with E-state index in [2.05, 4.69) is 17.0 Å². The van der Waals surface area contributed by atoms with Crippen LogP contribution in [-0.4, -0.2) is 55.1 Å². The van der Waals surface area contributed by atoms with Crippen LogP contribution in [0.1, 0.15) is 39.2 Å². The van der Waals surface area contributed by atoms with Crippen LogP contribution in [-0.2, 0) is 19.6 Å². The molecule has 1 N–H and O–H groups in total. The molecular formula is C22H30N2O5S. The molecule has 1 fully saturated rings. The van der Waals surface area contributed by atoms with Crippen LogP contribution in [0, 0.1) is 6.92 Å². The van der Waals surface area contributed by atoms with Crippen LogP contribution in [0.4, 0.5) is 5.69 Å². The summed E-state index contributed by atoms with van der Waals surface area (Å²) in [4.78, 5) is 13.8.